The van der Waals surface area contributed by atoms with E-state index in [0.717, 1.165) is 19.3 Å². The first-order valence-corrected chi connectivity index (χ1v) is 10.6. The number of amides is 1. The quantitative estimate of drug-likeness (QED) is 0.799. The Hall–Kier alpha value is -2.45. The molecule has 0 bridgehead atoms. The summed E-state index contributed by atoms with van der Waals surface area (Å²) in [7, 11) is -3.60. The summed E-state index contributed by atoms with van der Waals surface area (Å²) in [6, 6.07) is 10.3. The van der Waals surface area contributed by atoms with Crippen LogP contribution in [0.4, 0.5) is 10.1 Å². The van der Waals surface area contributed by atoms with Gasteiger partial charge in [-0.05, 0) is 49.6 Å². The van der Waals surface area contributed by atoms with E-state index in [9.17, 15) is 17.6 Å². The number of aryl methyl sites for hydroxylation is 1. The van der Waals surface area contributed by atoms with Gasteiger partial charge < -0.3 is 10.1 Å². The van der Waals surface area contributed by atoms with Gasteiger partial charge in [-0.15, -0.1) is 0 Å². The summed E-state index contributed by atoms with van der Waals surface area (Å²) in [5, 5.41) is 2.63. The summed E-state index contributed by atoms with van der Waals surface area (Å²) in [5.74, 6) is -0.675. The number of hydrogen-bond donors (Lipinski definition) is 1. The number of halogens is 1. The fourth-order valence-corrected chi connectivity index (χ4v) is 4.87. The molecule has 1 fully saturated rings. The Kier molecular flexibility index (Phi) is 6.31. The van der Waals surface area contributed by atoms with E-state index in [4.69, 9.17) is 4.74 Å². The van der Waals surface area contributed by atoms with Crippen molar-refractivity contribution in [1.82, 2.24) is 4.31 Å². The number of nitrogens with zero attached hydrogens (tertiary/aromatic N) is 1. The molecule has 0 aliphatic carbocycles. The molecule has 6 nitrogen and oxygen atoms in total. The van der Waals surface area contributed by atoms with Crippen LogP contribution in [-0.4, -0.2) is 38.3 Å². The normalized spacial score (nSPS) is 15.2. The van der Waals surface area contributed by atoms with Gasteiger partial charge in [0.05, 0.1) is 4.90 Å². The molecule has 1 N–H and O–H groups in total. The number of sulfonamides is 1. The zero-order valence-corrected chi connectivity index (χ0v) is 16.5. The fraction of sp³-hybridized carbons (Fsp3) is 0.350. The van der Waals surface area contributed by atoms with Gasteiger partial charge in [-0.3, -0.25) is 4.79 Å². The van der Waals surface area contributed by atoms with Gasteiger partial charge in [-0.25, -0.2) is 12.8 Å². The van der Waals surface area contributed by atoms with Crippen LogP contribution in [0.3, 0.4) is 0 Å². The lowest BCUT2D eigenvalue weighted by Gasteiger charge is -2.26. The number of carbonyl (C=O) groups excluding carboxylic acids is 1. The summed E-state index contributed by atoms with van der Waals surface area (Å²) in [6.07, 6.45) is 2.74. The smallest absolute Gasteiger partial charge is 0.262 e. The Morgan fingerprint density at radius 2 is 1.89 bits per heavy atom. The summed E-state index contributed by atoms with van der Waals surface area (Å²) in [6.45, 7) is 2.45. The molecule has 0 atom stereocenters. The van der Waals surface area contributed by atoms with E-state index in [1.54, 1.807) is 25.1 Å². The SMILES string of the molecule is Cc1ccc(NC(=O)COc2cccc(F)c2)cc1S(=O)(=O)N1CCCCC1. The lowest BCUT2D eigenvalue weighted by atomic mass is 10.2. The minimum Gasteiger partial charge on any atom is -0.484 e. The van der Waals surface area contributed by atoms with Crippen molar-refractivity contribution in [2.24, 2.45) is 0 Å². The Morgan fingerprint density at radius 3 is 2.61 bits per heavy atom. The third-order valence-corrected chi connectivity index (χ3v) is 6.61. The van der Waals surface area contributed by atoms with Crippen molar-refractivity contribution in [1.29, 1.82) is 0 Å². The monoisotopic (exact) mass is 406 g/mol. The van der Waals surface area contributed by atoms with E-state index in [0.29, 0.717) is 24.3 Å². The number of rotatable bonds is 6. The van der Waals surface area contributed by atoms with E-state index in [2.05, 4.69) is 5.32 Å². The predicted octanol–water partition coefficient (Wildman–Crippen LogP) is 3.33. The van der Waals surface area contributed by atoms with Gasteiger partial charge in [0.25, 0.3) is 5.91 Å². The van der Waals surface area contributed by atoms with Gasteiger partial charge in [0.2, 0.25) is 10.0 Å². The number of hydrogen-bond acceptors (Lipinski definition) is 4. The Bertz CT molecular complexity index is 956. The summed E-state index contributed by atoms with van der Waals surface area (Å²) >= 11 is 0. The first kappa shape index (κ1) is 20.3. The number of carbonyl (C=O) groups is 1. The van der Waals surface area contributed by atoms with Crippen LogP contribution in [0.25, 0.3) is 0 Å². The van der Waals surface area contributed by atoms with Gasteiger partial charge in [0.15, 0.2) is 6.61 Å². The largest absolute Gasteiger partial charge is 0.484 e. The van der Waals surface area contributed by atoms with Gasteiger partial charge in [-0.1, -0.05) is 18.6 Å². The third kappa shape index (κ3) is 4.88. The molecule has 1 aliphatic heterocycles. The first-order chi connectivity index (χ1) is 13.4. The van der Waals surface area contributed by atoms with Crippen LogP contribution in [0.2, 0.25) is 0 Å². The number of nitrogens with one attached hydrogen (secondary N) is 1. The van der Waals surface area contributed by atoms with E-state index >= 15 is 0 Å². The van der Waals surface area contributed by atoms with Crippen molar-refractivity contribution in [2.45, 2.75) is 31.1 Å². The second-order valence-electron chi connectivity index (χ2n) is 6.74. The average molecular weight is 406 g/mol. The Morgan fingerprint density at radius 1 is 1.14 bits per heavy atom. The van der Waals surface area contributed by atoms with E-state index in [1.807, 2.05) is 0 Å². The van der Waals surface area contributed by atoms with Crippen LogP contribution in [-0.2, 0) is 14.8 Å². The highest BCUT2D eigenvalue weighted by molar-refractivity contribution is 7.89. The van der Waals surface area contributed by atoms with Crippen LogP contribution in [0.5, 0.6) is 5.75 Å². The van der Waals surface area contributed by atoms with E-state index in [1.165, 1.54) is 28.6 Å². The topological polar surface area (TPSA) is 75.7 Å². The maximum atomic E-state index is 13.1. The molecule has 2 aromatic carbocycles. The molecule has 0 radical (unpaired) electrons. The number of piperidine rings is 1. The molecule has 0 aromatic heterocycles. The minimum atomic E-state index is -3.60. The van der Waals surface area contributed by atoms with Crippen LogP contribution < -0.4 is 10.1 Å². The molecule has 1 heterocycles. The highest BCUT2D eigenvalue weighted by Gasteiger charge is 2.27. The molecule has 0 saturated carbocycles. The molecule has 0 spiro atoms. The molecule has 1 saturated heterocycles. The fourth-order valence-electron chi connectivity index (χ4n) is 3.10. The van der Waals surface area contributed by atoms with Crippen molar-refractivity contribution in [3.8, 4) is 5.75 Å². The molecule has 1 amide bonds. The number of ether oxygens (including phenoxy) is 1. The summed E-state index contributed by atoms with van der Waals surface area (Å²) in [5.41, 5.74) is 0.994. The molecule has 3 rings (SSSR count). The molecular formula is C20H23FN2O4S. The third-order valence-electron chi connectivity index (χ3n) is 4.57. The van der Waals surface area contributed by atoms with Crippen LogP contribution in [0.1, 0.15) is 24.8 Å². The first-order valence-electron chi connectivity index (χ1n) is 9.15. The average Bonchev–Trinajstić information content (AvgIpc) is 2.68. The summed E-state index contributed by atoms with van der Waals surface area (Å²) in [4.78, 5) is 12.3. The minimum absolute atomic E-state index is 0.193. The van der Waals surface area contributed by atoms with Crippen molar-refractivity contribution in [3.63, 3.8) is 0 Å². The zero-order valence-electron chi connectivity index (χ0n) is 15.7. The van der Waals surface area contributed by atoms with Gasteiger partial charge in [0.1, 0.15) is 11.6 Å². The van der Waals surface area contributed by atoms with E-state index in [-0.39, 0.29) is 17.3 Å². The van der Waals surface area contributed by atoms with Crippen LogP contribution in [0, 0.1) is 12.7 Å². The Balaban J connectivity index is 1.69. The molecule has 0 unspecified atom stereocenters. The number of anilines is 1. The van der Waals surface area contributed by atoms with Crippen molar-refractivity contribution >= 4 is 21.6 Å². The number of benzene rings is 2. The standard InChI is InChI=1S/C20H23FN2O4S/c1-15-8-9-17(13-19(15)28(25,26)23-10-3-2-4-11-23)22-20(24)14-27-18-7-5-6-16(21)12-18/h5-9,12-13H,2-4,10-11,14H2,1H3,(H,22,24). The van der Waals surface area contributed by atoms with Crippen LogP contribution in [0.15, 0.2) is 47.4 Å². The second-order valence-corrected chi connectivity index (χ2v) is 8.65. The lowest BCUT2D eigenvalue weighted by Crippen LogP contribution is -2.36. The molecule has 1 aliphatic rings. The van der Waals surface area contributed by atoms with Gasteiger partial charge >= 0.3 is 0 Å². The second kappa shape index (κ2) is 8.70. The maximum Gasteiger partial charge on any atom is 0.262 e. The molecule has 150 valence electrons. The Labute approximate surface area is 164 Å². The molecule has 2 aromatic rings. The molecule has 8 heteroatoms. The lowest BCUT2D eigenvalue weighted by molar-refractivity contribution is -0.118. The van der Waals surface area contributed by atoms with Crippen molar-refractivity contribution in [2.75, 3.05) is 25.0 Å². The van der Waals surface area contributed by atoms with Crippen molar-refractivity contribution in [3.05, 3.63) is 53.8 Å². The highest BCUT2D eigenvalue weighted by atomic mass is 32.2. The predicted molar refractivity (Wildman–Crippen MR) is 104 cm³/mol. The maximum absolute atomic E-state index is 13.1. The summed E-state index contributed by atoms with van der Waals surface area (Å²) < 4.78 is 45.8. The van der Waals surface area contributed by atoms with Gasteiger partial charge in [-0.2, -0.15) is 4.31 Å². The molecular weight excluding hydrogens is 383 g/mol. The van der Waals surface area contributed by atoms with Crippen LogP contribution >= 0.6 is 0 Å². The molecule has 28 heavy (non-hydrogen) atoms. The zero-order chi connectivity index (χ0) is 20.1. The van der Waals surface area contributed by atoms with Crippen molar-refractivity contribution < 1.29 is 22.3 Å². The van der Waals surface area contributed by atoms with E-state index < -0.39 is 21.7 Å². The van der Waals surface area contributed by atoms with Gasteiger partial charge in [0, 0.05) is 24.8 Å². The highest BCUT2D eigenvalue weighted by Crippen LogP contribution is 2.26.